The molecule has 0 bridgehead atoms. The lowest BCUT2D eigenvalue weighted by Crippen LogP contribution is -2.13. The lowest BCUT2D eigenvalue weighted by molar-refractivity contribution is -0.384. The van der Waals surface area contributed by atoms with Crippen LogP contribution in [-0.4, -0.2) is 10.8 Å². The molecule has 0 aliphatic rings. The Morgan fingerprint density at radius 2 is 2.00 bits per heavy atom. The van der Waals surface area contributed by atoms with Gasteiger partial charge < -0.3 is 5.32 Å². The van der Waals surface area contributed by atoms with Crippen LogP contribution in [0, 0.1) is 26.4 Å². The lowest BCUT2D eigenvalue weighted by atomic mass is 10.1. The summed E-state index contributed by atoms with van der Waals surface area (Å²) in [5.41, 5.74) is 0.875. The number of nitrogens with zero attached hydrogens (tertiary/aromatic N) is 1. The van der Waals surface area contributed by atoms with Crippen LogP contribution in [0.2, 0.25) is 0 Å². The summed E-state index contributed by atoms with van der Waals surface area (Å²) in [7, 11) is 0. The van der Waals surface area contributed by atoms with Crippen LogP contribution < -0.4 is 5.32 Å². The lowest BCUT2D eigenvalue weighted by Gasteiger charge is -2.07. The Kier molecular flexibility index (Phi) is 4.51. The number of rotatable bonds is 3. The topological polar surface area (TPSA) is 72.2 Å². The first kappa shape index (κ1) is 15.4. The number of carbonyl (C=O) groups excluding carboxylic acids is 1. The van der Waals surface area contributed by atoms with E-state index in [4.69, 9.17) is 0 Å². The summed E-state index contributed by atoms with van der Waals surface area (Å²) < 4.78 is 14.5. The molecular weight excluding hydrogens is 390 g/mol. The maximum absolute atomic E-state index is 13.6. The summed E-state index contributed by atoms with van der Waals surface area (Å²) >= 11 is 2.09. The van der Waals surface area contributed by atoms with Gasteiger partial charge in [-0.2, -0.15) is 0 Å². The van der Waals surface area contributed by atoms with Gasteiger partial charge in [0.2, 0.25) is 0 Å². The monoisotopic (exact) mass is 400 g/mol. The number of benzene rings is 2. The van der Waals surface area contributed by atoms with Gasteiger partial charge in [0.25, 0.3) is 11.6 Å². The standard InChI is InChI=1S/C14H10FIN2O3/c1-8-2-3-9(6-12(8)16)14(19)17-13-7-10(18(20)21)4-5-11(13)15/h2-7H,1H3,(H,17,19). The average molecular weight is 400 g/mol. The van der Waals surface area contributed by atoms with E-state index in [-0.39, 0.29) is 11.4 Å². The number of nitrogens with one attached hydrogen (secondary N) is 1. The Morgan fingerprint density at radius 3 is 2.62 bits per heavy atom. The summed E-state index contributed by atoms with van der Waals surface area (Å²) in [6, 6.07) is 8.04. The molecule has 108 valence electrons. The maximum atomic E-state index is 13.6. The van der Waals surface area contributed by atoms with Gasteiger partial charge in [-0.3, -0.25) is 14.9 Å². The summed E-state index contributed by atoms with van der Waals surface area (Å²) in [5, 5.41) is 13.0. The van der Waals surface area contributed by atoms with Crippen LogP contribution in [0.25, 0.3) is 0 Å². The normalized spacial score (nSPS) is 10.2. The zero-order chi connectivity index (χ0) is 15.6. The summed E-state index contributed by atoms with van der Waals surface area (Å²) in [6.07, 6.45) is 0. The van der Waals surface area contributed by atoms with E-state index in [0.717, 1.165) is 27.3 Å². The van der Waals surface area contributed by atoms with E-state index in [1.807, 2.05) is 6.92 Å². The third-order valence-electron chi connectivity index (χ3n) is 2.84. The van der Waals surface area contributed by atoms with E-state index in [0.29, 0.717) is 5.56 Å². The zero-order valence-electron chi connectivity index (χ0n) is 10.9. The molecule has 2 aromatic carbocycles. The highest BCUT2D eigenvalue weighted by atomic mass is 127. The first-order valence-electron chi connectivity index (χ1n) is 5.90. The number of carbonyl (C=O) groups is 1. The fourth-order valence-electron chi connectivity index (χ4n) is 1.65. The maximum Gasteiger partial charge on any atom is 0.271 e. The number of nitro benzene ring substituents is 1. The smallest absolute Gasteiger partial charge is 0.271 e. The molecule has 0 radical (unpaired) electrons. The molecule has 1 amide bonds. The van der Waals surface area contributed by atoms with Gasteiger partial charge in [-0.25, -0.2) is 4.39 Å². The van der Waals surface area contributed by atoms with E-state index >= 15 is 0 Å². The molecule has 5 nitrogen and oxygen atoms in total. The van der Waals surface area contributed by atoms with Crippen molar-refractivity contribution in [2.75, 3.05) is 5.32 Å². The predicted octanol–water partition coefficient (Wildman–Crippen LogP) is 3.90. The number of nitro groups is 1. The van der Waals surface area contributed by atoms with Crippen LogP contribution >= 0.6 is 22.6 Å². The van der Waals surface area contributed by atoms with Crippen molar-refractivity contribution in [2.45, 2.75) is 6.92 Å². The van der Waals surface area contributed by atoms with Gasteiger partial charge in [-0.15, -0.1) is 0 Å². The van der Waals surface area contributed by atoms with Crippen LogP contribution in [-0.2, 0) is 0 Å². The highest BCUT2D eigenvalue weighted by Crippen LogP contribution is 2.22. The molecule has 0 spiro atoms. The van der Waals surface area contributed by atoms with Crippen molar-refractivity contribution in [2.24, 2.45) is 0 Å². The van der Waals surface area contributed by atoms with Crippen LogP contribution in [0.4, 0.5) is 15.8 Å². The van der Waals surface area contributed by atoms with Gasteiger partial charge in [0, 0.05) is 21.3 Å². The molecule has 2 aromatic rings. The molecule has 0 aliphatic heterocycles. The number of halogens is 2. The molecule has 1 N–H and O–H groups in total. The number of hydrogen-bond acceptors (Lipinski definition) is 3. The molecule has 0 fully saturated rings. The largest absolute Gasteiger partial charge is 0.319 e. The zero-order valence-corrected chi connectivity index (χ0v) is 13.0. The molecule has 7 heteroatoms. The molecule has 0 atom stereocenters. The fraction of sp³-hybridized carbons (Fsp3) is 0.0714. The number of non-ortho nitro benzene ring substituents is 1. The Labute approximate surface area is 133 Å². The summed E-state index contributed by atoms with van der Waals surface area (Å²) in [5.74, 6) is -1.25. The van der Waals surface area contributed by atoms with Crippen molar-refractivity contribution in [3.8, 4) is 0 Å². The number of amides is 1. The van der Waals surface area contributed by atoms with Crippen molar-refractivity contribution in [1.82, 2.24) is 0 Å². The summed E-state index contributed by atoms with van der Waals surface area (Å²) in [4.78, 5) is 22.1. The van der Waals surface area contributed by atoms with Gasteiger partial charge in [0.05, 0.1) is 10.6 Å². The molecule has 0 aromatic heterocycles. The first-order chi connectivity index (χ1) is 9.88. The third kappa shape index (κ3) is 3.54. The SMILES string of the molecule is Cc1ccc(C(=O)Nc2cc([N+](=O)[O-])ccc2F)cc1I. The highest BCUT2D eigenvalue weighted by molar-refractivity contribution is 14.1. The molecule has 0 saturated heterocycles. The number of aryl methyl sites for hydroxylation is 1. The Bertz CT molecular complexity index is 734. The minimum Gasteiger partial charge on any atom is -0.319 e. The minimum atomic E-state index is -0.726. The van der Waals surface area contributed by atoms with Crippen molar-refractivity contribution >= 4 is 39.9 Å². The van der Waals surface area contributed by atoms with Crippen molar-refractivity contribution in [3.05, 3.63) is 67.0 Å². The van der Waals surface area contributed by atoms with Crippen molar-refractivity contribution < 1.29 is 14.1 Å². The van der Waals surface area contributed by atoms with E-state index in [2.05, 4.69) is 27.9 Å². The van der Waals surface area contributed by atoms with Gasteiger partial charge in [-0.1, -0.05) is 6.07 Å². The third-order valence-corrected chi connectivity index (χ3v) is 4.01. The minimum absolute atomic E-state index is 0.218. The second-order valence-corrected chi connectivity index (χ2v) is 5.50. The van der Waals surface area contributed by atoms with Crippen LogP contribution in [0.3, 0.4) is 0 Å². The Balaban J connectivity index is 2.28. The Hall–Kier alpha value is -2.03. The second-order valence-electron chi connectivity index (χ2n) is 4.34. The van der Waals surface area contributed by atoms with E-state index < -0.39 is 16.6 Å². The fourth-order valence-corrected chi connectivity index (χ4v) is 2.17. The van der Waals surface area contributed by atoms with Crippen molar-refractivity contribution in [1.29, 1.82) is 0 Å². The molecule has 2 rings (SSSR count). The Morgan fingerprint density at radius 1 is 1.29 bits per heavy atom. The van der Waals surface area contributed by atoms with Gasteiger partial charge in [0.15, 0.2) is 0 Å². The van der Waals surface area contributed by atoms with Crippen LogP contribution in [0.1, 0.15) is 15.9 Å². The first-order valence-corrected chi connectivity index (χ1v) is 6.98. The molecule has 0 heterocycles. The highest BCUT2D eigenvalue weighted by Gasteiger charge is 2.14. The second kappa shape index (κ2) is 6.17. The molecule has 0 saturated carbocycles. The van der Waals surface area contributed by atoms with E-state index in [1.54, 1.807) is 18.2 Å². The molecule has 0 unspecified atom stereocenters. The van der Waals surface area contributed by atoms with E-state index in [9.17, 15) is 19.3 Å². The van der Waals surface area contributed by atoms with Gasteiger partial charge in [0.1, 0.15) is 5.82 Å². The molecule has 0 aliphatic carbocycles. The molecule has 21 heavy (non-hydrogen) atoms. The number of anilines is 1. The quantitative estimate of drug-likeness (QED) is 0.483. The van der Waals surface area contributed by atoms with Crippen LogP contribution in [0.15, 0.2) is 36.4 Å². The van der Waals surface area contributed by atoms with Gasteiger partial charge in [-0.05, 0) is 53.3 Å². The van der Waals surface area contributed by atoms with Crippen molar-refractivity contribution in [3.63, 3.8) is 0 Å². The average Bonchev–Trinajstić information content (AvgIpc) is 2.43. The van der Waals surface area contributed by atoms with E-state index in [1.165, 1.54) is 0 Å². The molecular formula is C14H10FIN2O3. The number of hydrogen-bond donors (Lipinski definition) is 1. The van der Waals surface area contributed by atoms with Crippen LogP contribution in [0.5, 0.6) is 0 Å². The summed E-state index contributed by atoms with van der Waals surface area (Å²) in [6.45, 7) is 1.91. The predicted molar refractivity (Wildman–Crippen MR) is 84.9 cm³/mol. The van der Waals surface area contributed by atoms with Gasteiger partial charge >= 0.3 is 0 Å².